The van der Waals surface area contributed by atoms with Crippen molar-refractivity contribution in [2.75, 3.05) is 0 Å². The molecule has 1 unspecified atom stereocenters. The van der Waals surface area contributed by atoms with Crippen LogP contribution in [0.3, 0.4) is 0 Å². The first-order chi connectivity index (χ1) is 8.70. The van der Waals surface area contributed by atoms with E-state index < -0.39 is 18.4 Å². The van der Waals surface area contributed by atoms with Gasteiger partial charge in [0.05, 0.1) is 0 Å². The SMILES string of the molecule is CC1=[C]([Ti]([NH]C=O)[NH]C=O)C2=C(CCCC2)C1C. The molecule has 18 heavy (non-hydrogen) atoms. The molecule has 2 aliphatic carbocycles. The van der Waals surface area contributed by atoms with Crippen LogP contribution < -0.4 is 7.60 Å². The summed E-state index contributed by atoms with van der Waals surface area (Å²) >= 11 is -2.19. The van der Waals surface area contributed by atoms with Crippen LogP contribution in [-0.2, 0) is 28.0 Å². The fraction of sp³-hybridized carbons (Fsp3) is 0.538. The molecule has 97 valence electrons. The molecule has 0 saturated carbocycles. The van der Waals surface area contributed by atoms with E-state index in [1.54, 1.807) is 5.57 Å². The predicted octanol–water partition coefficient (Wildman–Crippen LogP) is 1.72. The Morgan fingerprint density at radius 3 is 2.39 bits per heavy atom. The standard InChI is InChI=1S/C11H15.2CH3NO.Ti/c1-8-7-10-5-3-4-6-11(10)9(8)2;2*2-1-3;/h9H,3-6H2,1-2H3;2*1H,(H2,2,3);/q;;;+2/p-2. The third-order valence-corrected chi connectivity index (χ3v) is 7.17. The Kier molecular flexibility index (Phi) is 4.41. The Morgan fingerprint density at radius 1 is 1.17 bits per heavy atom. The van der Waals surface area contributed by atoms with Crippen LogP contribution >= 0.6 is 0 Å². The molecule has 0 spiro atoms. The summed E-state index contributed by atoms with van der Waals surface area (Å²) in [5, 5.41) is 0. The summed E-state index contributed by atoms with van der Waals surface area (Å²) in [5.41, 5.74) is 4.32. The fourth-order valence-corrected chi connectivity index (χ4v) is 5.88. The van der Waals surface area contributed by atoms with Crippen LogP contribution in [0, 0.1) is 5.92 Å². The number of carbonyl (C=O) groups is 2. The fourth-order valence-electron chi connectivity index (χ4n) is 3.06. The number of nitrogens with one attached hydrogen (secondary N) is 2. The average Bonchev–Trinajstić information content (AvgIpc) is 2.63. The summed E-state index contributed by atoms with van der Waals surface area (Å²) in [4.78, 5) is 21.5. The van der Waals surface area contributed by atoms with E-state index in [-0.39, 0.29) is 0 Å². The number of hydrogen-bond acceptors (Lipinski definition) is 2. The van der Waals surface area contributed by atoms with Gasteiger partial charge in [0.15, 0.2) is 0 Å². The molecule has 0 radical (unpaired) electrons. The van der Waals surface area contributed by atoms with Crippen molar-refractivity contribution in [1.29, 1.82) is 0 Å². The molecule has 1 atom stereocenters. The monoisotopic (exact) mass is 283 g/mol. The molecule has 0 bridgehead atoms. The Hall–Kier alpha value is -0.866. The summed E-state index contributed by atoms with van der Waals surface area (Å²) in [6.45, 7) is 4.38. The summed E-state index contributed by atoms with van der Waals surface area (Å²) in [7, 11) is 0. The van der Waals surface area contributed by atoms with Gasteiger partial charge in [0.1, 0.15) is 0 Å². The number of rotatable bonds is 5. The van der Waals surface area contributed by atoms with E-state index in [9.17, 15) is 9.59 Å². The third-order valence-electron chi connectivity index (χ3n) is 4.04. The Balaban J connectivity index is 2.36. The van der Waals surface area contributed by atoms with Crippen molar-refractivity contribution in [3.05, 3.63) is 20.6 Å². The molecule has 0 heterocycles. The predicted molar refractivity (Wildman–Crippen MR) is 65.8 cm³/mol. The normalized spacial score (nSPS) is 22.7. The second kappa shape index (κ2) is 5.85. The number of carbonyl (C=O) groups excluding carboxylic acids is 2. The van der Waals surface area contributed by atoms with E-state index in [0.29, 0.717) is 5.92 Å². The van der Waals surface area contributed by atoms with Gasteiger partial charge in [0.25, 0.3) is 0 Å². The molecule has 4 nitrogen and oxygen atoms in total. The molecule has 2 rings (SSSR count). The molecule has 0 aromatic carbocycles. The second-order valence-corrected chi connectivity index (χ2v) is 7.74. The van der Waals surface area contributed by atoms with E-state index in [1.165, 1.54) is 34.3 Å². The van der Waals surface area contributed by atoms with E-state index in [2.05, 4.69) is 21.4 Å². The van der Waals surface area contributed by atoms with Crippen molar-refractivity contribution < 1.29 is 28.0 Å². The number of amides is 2. The van der Waals surface area contributed by atoms with Crippen molar-refractivity contribution >= 4 is 12.8 Å². The third kappa shape index (κ3) is 2.32. The molecule has 0 aromatic heterocycles. The van der Waals surface area contributed by atoms with Gasteiger partial charge in [-0.3, -0.25) is 0 Å². The first-order valence-corrected chi connectivity index (χ1v) is 8.75. The van der Waals surface area contributed by atoms with E-state index in [4.69, 9.17) is 0 Å². The van der Waals surface area contributed by atoms with Gasteiger partial charge >= 0.3 is 114 Å². The average molecular weight is 283 g/mol. The van der Waals surface area contributed by atoms with Crippen molar-refractivity contribution in [3.63, 3.8) is 0 Å². The maximum absolute atomic E-state index is 10.7. The maximum atomic E-state index is 10.7. The van der Waals surface area contributed by atoms with Gasteiger partial charge < -0.3 is 0 Å². The second-order valence-electron chi connectivity index (χ2n) is 4.89. The van der Waals surface area contributed by atoms with E-state index in [1.807, 2.05) is 0 Å². The van der Waals surface area contributed by atoms with Gasteiger partial charge in [-0.2, -0.15) is 0 Å². The van der Waals surface area contributed by atoms with Gasteiger partial charge in [0, 0.05) is 0 Å². The van der Waals surface area contributed by atoms with Gasteiger partial charge in [-0.25, -0.2) is 0 Å². The molecular weight excluding hydrogens is 264 g/mol. The van der Waals surface area contributed by atoms with Crippen LogP contribution in [-0.4, -0.2) is 12.8 Å². The van der Waals surface area contributed by atoms with Gasteiger partial charge in [-0.05, 0) is 0 Å². The summed E-state index contributed by atoms with van der Waals surface area (Å²) in [6, 6.07) is 0. The first-order valence-electron chi connectivity index (χ1n) is 6.41. The van der Waals surface area contributed by atoms with Crippen LogP contribution in [0.1, 0.15) is 39.5 Å². The van der Waals surface area contributed by atoms with Gasteiger partial charge in [-0.15, -0.1) is 0 Å². The minimum absolute atomic E-state index is 0.486. The van der Waals surface area contributed by atoms with Crippen molar-refractivity contribution in [3.8, 4) is 0 Å². The van der Waals surface area contributed by atoms with Crippen molar-refractivity contribution in [2.24, 2.45) is 5.92 Å². The van der Waals surface area contributed by atoms with Crippen LogP contribution in [0.5, 0.6) is 0 Å². The Morgan fingerprint density at radius 2 is 1.78 bits per heavy atom. The zero-order chi connectivity index (χ0) is 13.1. The number of hydrogen-bond donors (Lipinski definition) is 2. The van der Waals surface area contributed by atoms with Crippen LogP contribution in [0.4, 0.5) is 0 Å². The topological polar surface area (TPSA) is 58.2 Å². The van der Waals surface area contributed by atoms with E-state index >= 15 is 0 Å². The number of allylic oxidation sites excluding steroid dienone is 4. The van der Waals surface area contributed by atoms with Gasteiger partial charge in [0.2, 0.25) is 0 Å². The molecule has 2 amide bonds. The van der Waals surface area contributed by atoms with Gasteiger partial charge in [-0.1, -0.05) is 0 Å². The van der Waals surface area contributed by atoms with Crippen LogP contribution in [0.2, 0.25) is 0 Å². The zero-order valence-corrected chi connectivity index (χ0v) is 12.4. The molecule has 0 saturated heterocycles. The Labute approximate surface area is 114 Å². The zero-order valence-electron chi connectivity index (χ0n) is 10.9. The Bertz CT molecular complexity index is 419. The molecule has 0 aliphatic heterocycles. The molecule has 2 aliphatic rings. The van der Waals surface area contributed by atoms with Crippen molar-refractivity contribution in [2.45, 2.75) is 39.5 Å². The molecule has 0 aromatic rings. The summed E-state index contributed by atoms with van der Waals surface area (Å²) in [6.07, 6.45) is 6.20. The molecule has 0 fully saturated rings. The van der Waals surface area contributed by atoms with E-state index in [0.717, 1.165) is 19.2 Å². The summed E-state index contributed by atoms with van der Waals surface area (Å²) < 4.78 is 7.01. The first kappa shape index (κ1) is 13.6. The minimum atomic E-state index is -2.19. The quantitative estimate of drug-likeness (QED) is 0.596. The van der Waals surface area contributed by atoms with Crippen LogP contribution in [0.25, 0.3) is 0 Å². The van der Waals surface area contributed by atoms with Crippen molar-refractivity contribution in [1.82, 2.24) is 7.60 Å². The summed E-state index contributed by atoms with van der Waals surface area (Å²) in [5.74, 6) is 0.486. The molecular formula is C13H19N2O2Ti. The van der Waals surface area contributed by atoms with Crippen LogP contribution in [0.15, 0.2) is 20.6 Å². The molecule has 2 N–H and O–H groups in total. The molecule has 5 heteroatoms.